The van der Waals surface area contributed by atoms with E-state index in [9.17, 15) is 14.8 Å². The molecule has 0 radical (unpaired) electrons. The van der Waals surface area contributed by atoms with Crippen LogP contribution in [0.15, 0.2) is 30.3 Å². The molecule has 2 rings (SSSR count). The van der Waals surface area contributed by atoms with Gasteiger partial charge < -0.3 is 4.74 Å². The van der Waals surface area contributed by atoms with E-state index in [1.807, 2.05) is 0 Å². The van der Waals surface area contributed by atoms with Crippen molar-refractivity contribution >= 4 is 17.4 Å². The SMILES string of the molecule is COC(=O)C1(N(O)c2ccccc2)CCCCC1=O. The van der Waals surface area contributed by atoms with Crippen LogP contribution in [0.1, 0.15) is 25.7 Å². The zero-order valence-corrected chi connectivity index (χ0v) is 10.8. The maximum Gasteiger partial charge on any atom is 0.342 e. The summed E-state index contributed by atoms with van der Waals surface area (Å²) in [6, 6.07) is 8.55. The van der Waals surface area contributed by atoms with Crippen molar-refractivity contribution in [3.8, 4) is 0 Å². The molecule has 102 valence electrons. The molecular formula is C14H17NO4. The molecule has 1 atom stereocenters. The van der Waals surface area contributed by atoms with Gasteiger partial charge in [0.05, 0.1) is 12.8 Å². The van der Waals surface area contributed by atoms with Crippen LogP contribution in [0.5, 0.6) is 0 Å². The maximum atomic E-state index is 12.2. The van der Waals surface area contributed by atoms with Crippen LogP contribution in [-0.4, -0.2) is 29.6 Å². The van der Waals surface area contributed by atoms with E-state index in [1.165, 1.54) is 7.11 Å². The molecule has 1 aliphatic rings. The number of ketones is 1. The van der Waals surface area contributed by atoms with E-state index >= 15 is 0 Å². The largest absolute Gasteiger partial charge is 0.467 e. The lowest BCUT2D eigenvalue weighted by atomic mass is 9.79. The third kappa shape index (κ3) is 2.21. The fourth-order valence-electron chi connectivity index (χ4n) is 2.50. The number of benzene rings is 1. The Hall–Kier alpha value is -1.88. The number of Topliss-reactive ketones (excluding diaryl/α,β-unsaturated/α-hetero) is 1. The fourth-order valence-corrected chi connectivity index (χ4v) is 2.50. The second-order valence-corrected chi connectivity index (χ2v) is 4.63. The van der Waals surface area contributed by atoms with Crippen molar-refractivity contribution in [2.24, 2.45) is 0 Å². The van der Waals surface area contributed by atoms with Gasteiger partial charge in [-0.2, -0.15) is 0 Å². The van der Waals surface area contributed by atoms with Crippen LogP contribution < -0.4 is 5.06 Å². The molecule has 1 aromatic carbocycles. The highest BCUT2D eigenvalue weighted by molar-refractivity contribution is 6.11. The molecule has 5 heteroatoms. The summed E-state index contributed by atoms with van der Waals surface area (Å²) in [5, 5.41) is 11.1. The number of carbonyl (C=O) groups is 2. The van der Waals surface area contributed by atoms with Crippen LogP contribution in [0.2, 0.25) is 0 Å². The van der Waals surface area contributed by atoms with Crippen LogP contribution >= 0.6 is 0 Å². The topological polar surface area (TPSA) is 66.8 Å². The highest BCUT2D eigenvalue weighted by atomic mass is 16.5. The average Bonchev–Trinajstić information content (AvgIpc) is 2.47. The summed E-state index contributed by atoms with van der Waals surface area (Å²) in [7, 11) is 1.23. The minimum absolute atomic E-state index is 0.268. The van der Waals surface area contributed by atoms with Gasteiger partial charge in [0.15, 0.2) is 5.78 Å². The second-order valence-electron chi connectivity index (χ2n) is 4.63. The molecule has 1 aromatic rings. The normalized spacial score (nSPS) is 22.9. The minimum atomic E-state index is -1.60. The number of nitrogens with zero attached hydrogens (tertiary/aromatic N) is 1. The van der Waals surface area contributed by atoms with E-state index in [0.717, 1.165) is 11.5 Å². The van der Waals surface area contributed by atoms with E-state index in [0.29, 0.717) is 12.1 Å². The Morgan fingerprint density at radius 3 is 2.58 bits per heavy atom. The molecule has 0 aliphatic heterocycles. The van der Waals surface area contributed by atoms with Gasteiger partial charge in [0.2, 0.25) is 5.54 Å². The zero-order chi connectivity index (χ0) is 13.9. The summed E-state index contributed by atoms with van der Waals surface area (Å²) in [6.45, 7) is 0. The number of methoxy groups -OCH3 is 1. The van der Waals surface area contributed by atoms with Crippen molar-refractivity contribution in [1.82, 2.24) is 0 Å². The molecule has 1 saturated carbocycles. The number of esters is 1. The Kier molecular flexibility index (Phi) is 3.85. The van der Waals surface area contributed by atoms with E-state index in [-0.39, 0.29) is 18.6 Å². The summed E-state index contributed by atoms with van der Waals surface area (Å²) in [6.07, 6.45) is 1.98. The first kappa shape index (κ1) is 13.5. The number of carbonyl (C=O) groups excluding carboxylic acids is 2. The average molecular weight is 263 g/mol. The standard InChI is InChI=1S/C14H17NO4/c1-19-13(17)14(10-6-5-9-12(14)16)15(18)11-7-3-2-4-8-11/h2-4,7-8,18H,5-6,9-10H2,1H3. The Balaban J connectivity index is 2.43. The van der Waals surface area contributed by atoms with Gasteiger partial charge in [-0.25, -0.2) is 9.86 Å². The third-order valence-electron chi connectivity index (χ3n) is 3.54. The monoisotopic (exact) mass is 263 g/mol. The maximum absolute atomic E-state index is 12.2. The smallest absolute Gasteiger partial charge is 0.342 e. The third-order valence-corrected chi connectivity index (χ3v) is 3.54. The van der Waals surface area contributed by atoms with Crippen LogP contribution in [0.3, 0.4) is 0 Å². The quantitative estimate of drug-likeness (QED) is 0.513. The highest BCUT2D eigenvalue weighted by Crippen LogP contribution is 2.34. The molecule has 0 bridgehead atoms. The Labute approximate surface area is 111 Å². The van der Waals surface area contributed by atoms with Gasteiger partial charge >= 0.3 is 5.97 Å². The predicted octanol–water partition coefficient (Wildman–Crippen LogP) is 1.94. The Morgan fingerprint density at radius 1 is 1.32 bits per heavy atom. The molecule has 0 spiro atoms. The molecule has 0 heterocycles. The molecule has 0 saturated heterocycles. The first-order valence-electron chi connectivity index (χ1n) is 6.29. The number of hydroxylamine groups is 1. The number of hydrogen-bond acceptors (Lipinski definition) is 5. The van der Waals surface area contributed by atoms with E-state index in [2.05, 4.69) is 0 Å². The van der Waals surface area contributed by atoms with Crippen molar-refractivity contribution in [3.05, 3.63) is 30.3 Å². The number of ether oxygens (including phenoxy) is 1. The number of rotatable bonds is 3. The lowest BCUT2D eigenvalue weighted by Crippen LogP contribution is -2.61. The molecule has 1 aliphatic carbocycles. The zero-order valence-electron chi connectivity index (χ0n) is 10.8. The summed E-state index contributed by atoms with van der Waals surface area (Å²) >= 11 is 0. The van der Waals surface area contributed by atoms with Crippen LogP contribution in [0.25, 0.3) is 0 Å². The van der Waals surface area contributed by atoms with Gasteiger partial charge in [0.1, 0.15) is 0 Å². The van der Waals surface area contributed by atoms with Crippen molar-refractivity contribution in [2.75, 3.05) is 12.2 Å². The second kappa shape index (κ2) is 5.40. The lowest BCUT2D eigenvalue weighted by Gasteiger charge is -2.39. The van der Waals surface area contributed by atoms with Gasteiger partial charge in [-0.1, -0.05) is 18.2 Å². The van der Waals surface area contributed by atoms with Crippen molar-refractivity contribution in [3.63, 3.8) is 0 Å². The molecule has 19 heavy (non-hydrogen) atoms. The first-order valence-corrected chi connectivity index (χ1v) is 6.29. The molecule has 1 N–H and O–H groups in total. The summed E-state index contributed by atoms with van der Waals surface area (Å²) in [4.78, 5) is 24.3. The Morgan fingerprint density at radius 2 is 2.00 bits per heavy atom. The lowest BCUT2D eigenvalue weighted by molar-refractivity contribution is -0.156. The number of anilines is 1. The number of para-hydroxylation sites is 1. The summed E-state index contributed by atoms with van der Waals surface area (Å²) in [5.74, 6) is -1.000. The van der Waals surface area contributed by atoms with E-state index < -0.39 is 11.5 Å². The van der Waals surface area contributed by atoms with Crippen molar-refractivity contribution in [2.45, 2.75) is 31.2 Å². The van der Waals surface area contributed by atoms with Gasteiger partial charge in [-0.05, 0) is 31.4 Å². The fraction of sp³-hybridized carbons (Fsp3) is 0.429. The van der Waals surface area contributed by atoms with Crippen LogP contribution in [-0.2, 0) is 14.3 Å². The van der Waals surface area contributed by atoms with E-state index in [4.69, 9.17) is 4.74 Å². The number of hydrogen-bond donors (Lipinski definition) is 1. The van der Waals surface area contributed by atoms with Gasteiger partial charge in [0.25, 0.3) is 0 Å². The van der Waals surface area contributed by atoms with Gasteiger partial charge in [-0.3, -0.25) is 10.0 Å². The van der Waals surface area contributed by atoms with Crippen LogP contribution in [0, 0.1) is 0 Å². The minimum Gasteiger partial charge on any atom is -0.467 e. The summed E-state index contributed by atoms with van der Waals surface area (Å²) < 4.78 is 4.74. The van der Waals surface area contributed by atoms with Gasteiger partial charge in [-0.15, -0.1) is 0 Å². The predicted molar refractivity (Wildman–Crippen MR) is 68.9 cm³/mol. The van der Waals surface area contributed by atoms with E-state index in [1.54, 1.807) is 30.3 Å². The first-order chi connectivity index (χ1) is 9.13. The molecular weight excluding hydrogens is 246 g/mol. The summed E-state index contributed by atoms with van der Waals surface area (Å²) in [5.41, 5.74) is -1.20. The van der Waals surface area contributed by atoms with Gasteiger partial charge in [0, 0.05) is 6.42 Å². The molecule has 0 amide bonds. The van der Waals surface area contributed by atoms with Crippen molar-refractivity contribution in [1.29, 1.82) is 0 Å². The molecule has 5 nitrogen and oxygen atoms in total. The molecule has 0 aromatic heterocycles. The molecule has 1 fully saturated rings. The van der Waals surface area contributed by atoms with Crippen LogP contribution in [0.4, 0.5) is 5.69 Å². The highest BCUT2D eigenvalue weighted by Gasteiger charge is 2.53. The van der Waals surface area contributed by atoms with Crippen molar-refractivity contribution < 1.29 is 19.5 Å². The molecule has 1 unspecified atom stereocenters. The Bertz CT molecular complexity index is 464.